The van der Waals surface area contributed by atoms with Crippen LogP contribution < -0.4 is 0 Å². The molecule has 7 heteroatoms. The van der Waals surface area contributed by atoms with Crippen molar-refractivity contribution in [3.63, 3.8) is 0 Å². The van der Waals surface area contributed by atoms with Gasteiger partial charge in [0.25, 0.3) is 0 Å². The molecule has 3 heterocycles. The molecule has 6 nitrogen and oxygen atoms in total. The maximum Gasteiger partial charge on any atom is 0.220 e. The fourth-order valence-corrected chi connectivity index (χ4v) is 2.82. The minimum absolute atomic E-state index is 0.158. The summed E-state index contributed by atoms with van der Waals surface area (Å²) in [6, 6.07) is 1.60. The number of fused-ring (bicyclic) bond motifs is 1. The smallest absolute Gasteiger partial charge is 0.220 e. The summed E-state index contributed by atoms with van der Waals surface area (Å²) in [4.78, 5) is 17.0. The molecule has 0 bridgehead atoms. The lowest BCUT2D eigenvalue weighted by molar-refractivity contribution is 0.103. The molecule has 108 valence electrons. The predicted octanol–water partition coefficient (Wildman–Crippen LogP) is 2.21. The van der Waals surface area contributed by atoms with Crippen LogP contribution in [-0.4, -0.2) is 30.2 Å². The Kier molecular flexibility index (Phi) is 2.98. The predicted molar refractivity (Wildman–Crippen MR) is 78.8 cm³/mol. The number of nitrogens with zero attached hydrogens (tertiary/aromatic N) is 4. The molecule has 1 N–H and O–H groups in total. The average molecular weight is 305 g/mol. The summed E-state index contributed by atoms with van der Waals surface area (Å²) in [5, 5.41) is 15.1. The first-order valence-electron chi connectivity index (χ1n) is 6.28. The molecule has 0 radical (unpaired) electrons. The van der Waals surface area contributed by atoms with Crippen LogP contribution in [0.25, 0.3) is 11.0 Å². The summed E-state index contributed by atoms with van der Waals surface area (Å²) in [7, 11) is 3.39. The van der Waals surface area contributed by atoms with Crippen molar-refractivity contribution in [2.75, 3.05) is 0 Å². The van der Waals surface area contributed by atoms with Gasteiger partial charge in [0, 0.05) is 37.4 Å². The summed E-state index contributed by atoms with van der Waals surface area (Å²) < 4.78 is 3.03. The third-order valence-electron chi connectivity index (χ3n) is 3.47. The number of aromatic nitrogens is 4. The number of carbonyl (C=O) groups is 1. The Labute approximate surface area is 125 Å². The number of aryl methyl sites for hydroxylation is 3. The van der Waals surface area contributed by atoms with Crippen LogP contribution in [0.3, 0.4) is 0 Å². The lowest BCUT2D eigenvalue weighted by atomic mass is 10.0. The maximum absolute atomic E-state index is 12.8. The van der Waals surface area contributed by atoms with Gasteiger partial charge in [-0.2, -0.15) is 5.10 Å². The van der Waals surface area contributed by atoms with Crippen LogP contribution in [0.1, 0.15) is 21.6 Å². The Hall–Kier alpha value is -2.34. The van der Waals surface area contributed by atoms with E-state index < -0.39 is 0 Å². The largest absolute Gasteiger partial charge is 0.493 e. The highest BCUT2D eigenvalue weighted by Crippen LogP contribution is 2.31. The van der Waals surface area contributed by atoms with Gasteiger partial charge in [0.05, 0.1) is 10.7 Å². The van der Waals surface area contributed by atoms with E-state index in [0.717, 1.165) is 0 Å². The van der Waals surface area contributed by atoms with E-state index in [1.54, 1.807) is 37.0 Å². The number of hydrogen-bond acceptors (Lipinski definition) is 4. The fourth-order valence-electron chi connectivity index (χ4n) is 2.49. The van der Waals surface area contributed by atoms with Crippen LogP contribution in [0.2, 0.25) is 5.02 Å². The van der Waals surface area contributed by atoms with E-state index in [-0.39, 0.29) is 17.2 Å². The molecule has 21 heavy (non-hydrogen) atoms. The molecule has 0 amide bonds. The number of carbonyl (C=O) groups excluding carboxylic acids is 1. The second kappa shape index (κ2) is 4.60. The highest BCUT2D eigenvalue weighted by atomic mass is 35.5. The van der Waals surface area contributed by atoms with Gasteiger partial charge in [-0.1, -0.05) is 11.6 Å². The molecule has 0 aliphatic heterocycles. The minimum Gasteiger partial charge on any atom is -0.493 e. The van der Waals surface area contributed by atoms with Crippen molar-refractivity contribution in [3.05, 3.63) is 40.3 Å². The van der Waals surface area contributed by atoms with E-state index in [4.69, 9.17) is 11.6 Å². The zero-order chi connectivity index (χ0) is 15.3. The molecule has 3 rings (SSSR count). The quantitative estimate of drug-likeness (QED) is 0.737. The first kappa shape index (κ1) is 13.6. The Morgan fingerprint density at radius 2 is 2.10 bits per heavy atom. The number of rotatable bonds is 2. The summed E-state index contributed by atoms with van der Waals surface area (Å²) >= 11 is 6.20. The summed E-state index contributed by atoms with van der Waals surface area (Å²) in [6.07, 6.45) is 3.25. The van der Waals surface area contributed by atoms with Gasteiger partial charge in [-0.15, -0.1) is 0 Å². The van der Waals surface area contributed by atoms with Crippen LogP contribution in [0.5, 0.6) is 5.88 Å². The summed E-state index contributed by atoms with van der Waals surface area (Å²) in [5.74, 6) is -0.479. The Morgan fingerprint density at radius 3 is 2.71 bits per heavy atom. The topological polar surface area (TPSA) is 72.9 Å². The Bertz CT molecular complexity index is 879. The molecule has 0 fully saturated rings. The molecule has 0 aliphatic rings. The van der Waals surface area contributed by atoms with E-state index >= 15 is 0 Å². The molecule has 0 saturated carbocycles. The molecule has 3 aromatic rings. The lowest BCUT2D eigenvalue weighted by Crippen LogP contribution is -2.04. The zero-order valence-corrected chi connectivity index (χ0v) is 12.5. The lowest BCUT2D eigenvalue weighted by Gasteiger charge is -2.04. The van der Waals surface area contributed by atoms with Gasteiger partial charge in [-0.3, -0.25) is 4.79 Å². The van der Waals surface area contributed by atoms with Crippen molar-refractivity contribution in [3.8, 4) is 5.88 Å². The normalized spacial score (nSPS) is 11.2. The molecule has 0 spiro atoms. The van der Waals surface area contributed by atoms with Crippen LogP contribution in [0, 0.1) is 6.92 Å². The van der Waals surface area contributed by atoms with Gasteiger partial charge in [0.1, 0.15) is 11.2 Å². The second-order valence-electron chi connectivity index (χ2n) is 4.88. The monoisotopic (exact) mass is 304 g/mol. The number of pyridine rings is 1. The van der Waals surface area contributed by atoms with Gasteiger partial charge in [-0.25, -0.2) is 9.67 Å². The van der Waals surface area contributed by atoms with Gasteiger partial charge >= 0.3 is 0 Å². The van der Waals surface area contributed by atoms with Crippen LogP contribution in [0.4, 0.5) is 0 Å². The Balaban J connectivity index is 2.28. The van der Waals surface area contributed by atoms with Crippen molar-refractivity contribution in [2.45, 2.75) is 6.92 Å². The van der Waals surface area contributed by atoms with Crippen molar-refractivity contribution in [1.82, 2.24) is 19.3 Å². The third kappa shape index (κ3) is 1.91. The minimum atomic E-state index is -0.321. The fraction of sp³-hybridized carbons (Fsp3) is 0.214. The van der Waals surface area contributed by atoms with Gasteiger partial charge in [-0.05, 0) is 13.0 Å². The van der Waals surface area contributed by atoms with Crippen LogP contribution in [0.15, 0.2) is 18.5 Å². The van der Waals surface area contributed by atoms with Gasteiger partial charge in [0.15, 0.2) is 0 Å². The van der Waals surface area contributed by atoms with Crippen LogP contribution in [-0.2, 0) is 14.1 Å². The van der Waals surface area contributed by atoms with Gasteiger partial charge in [0.2, 0.25) is 11.7 Å². The van der Waals surface area contributed by atoms with E-state index in [2.05, 4.69) is 10.1 Å². The molecule has 0 saturated heterocycles. The molecule has 3 aromatic heterocycles. The van der Waals surface area contributed by atoms with E-state index in [0.29, 0.717) is 27.3 Å². The van der Waals surface area contributed by atoms with Gasteiger partial charge < -0.3 is 9.67 Å². The summed E-state index contributed by atoms with van der Waals surface area (Å²) in [6.45, 7) is 1.68. The molecule has 0 atom stereocenters. The number of ketones is 1. The molecular weight excluding hydrogens is 292 g/mol. The van der Waals surface area contributed by atoms with Crippen LogP contribution >= 0.6 is 11.6 Å². The highest BCUT2D eigenvalue weighted by molar-refractivity contribution is 6.37. The standard InChI is InChI=1S/C14H13ClN4O2/c1-7-10(14(21)19(3)17-7)12(20)8-4-5-16-13-11(8)9(15)6-18(13)2/h4-6,21H,1-3H3. The van der Waals surface area contributed by atoms with Crippen molar-refractivity contribution >= 4 is 28.4 Å². The molecular formula is C14H13ClN4O2. The molecule has 0 aliphatic carbocycles. The van der Waals surface area contributed by atoms with Crippen molar-refractivity contribution in [2.24, 2.45) is 14.1 Å². The average Bonchev–Trinajstić information content (AvgIpc) is 2.87. The van der Waals surface area contributed by atoms with E-state index in [9.17, 15) is 9.90 Å². The number of halogens is 1. The maximum atomic E-state index is 12.8. The first-order chi connectivity index (χ1) is 9.91. The van der Waals surface area contributed by atoms with E-state index in [1.807, 2.05) is 7.05 Å². The molecule has 0 unspecified atom stereocenters. The summed E-state index contributed by atoms with van der Waals surface area (Å²) in [5.41, 5.74) is 1.67. The molecule has 0 aromatic carbocycles. The van der Waals surface area contributed by atoms with E-state index in [1.165, 1.54) is 4.68 Å². The first-order valence-corrected chi connectivity index (χ1v) is 6.66. The number of hydrogen-bond donors (Lipinski definition) is 1. The SMILES string of the molecule is Cc1nn(C)c(O)c1C(=O)c1ccnc2c1c(Cl)cn2C. The second-order valence-corrected chi connectivity index (χ2v) is 5.29. The van der Waals surface area contributed by atoms with Crippen molar-refractivity contribution in [1.29, 1.82) is 0 Å². The van der Waals surface area contributed by atoms with Crippen molar-refractivity contribution < 1.29 is 9.90 Å². The third-order valence-corrected chi connectivity index (χ3v) is 3.76. The Morgan fingerprint density at radius 1 is 1.38 bits per heavy atom. The number of aromatic hydroxyl groups is 1. The highest BCUT2D eigenvalue weighted by Gasteiger charge is 2.24. The zero-order valence-electron chi connectivity index (χ0n) is 11.8.